The Bertz CT molecular complexity index is 1770. The molecule has 17 unspecified atom stereocenters. The summed E-state index contributed by atoms with van der Waals surface area (Å²) in [4.78, 5) is 13.3. The molecule has 3 heterocycles. The Labute approximate surface area is 470 Å². The van der Waals surface area contributed by atoms with Crippen LogP contribution in [-0.4, -0.2) is 193 Å². The third-order valence-electron chi connectivity index (χ3n) is 14.2. The topological polar surface area (TPSA) is 307 Å². The minimum Gasteiger partial charge on any atom is -0.394 e. The number of carbonyl (C=O) groups excluding carboxylic acids is 1. The Balaban J connectivity index is 1.53. The number of allylic oxidation sites excluding steroid dienone is 13. The number of hydrogen-bond donors (Lipinski definition) is 12. The lowest BCUT2D eigenvalue weighted by atomic mass is 9.96. The lowest BCUT2D eigenvalue weighted by Crippen LogP contribution is -2.66. The van der Waals surface area contributed by atoms with Crippen molar-refractivity contribution in [3.8, 4) is 0 Å². The molecule has 1 amide bonds. The maximum absolute atomic E-state index is 13.3. The zero-order valence-electron chi connectivity index (χ0n) is 47.1. The highest BCUT2D eigenvalue weighted by atomic mass is 16.8. The van der Waals surface area contributed by atoms with Crippen LogP contribution in [0.25, 0.3) is 0 Å². The summed E-state index contributed by atoms with van der Waals surface area (Å²) in [5.74, 6) is -0.309. The van der Waals surface area contributed by atoms with E-state index in [4.69, 9.17) is 28.4 Å². The van der Waals surface area contributed by atoms with Gasteiger partial charge < -0.3 is 89.9 Å². The van der Waals surface area contributed by atoms with Crippen LogP contribution in [0.1, 0.15) is 155 Å². The lowest BCUT2D eigenvalue weighted by molar-refractivity contribution is -0.379. The third-order valence-corrected chi connectivity index (χ3v) is 14.2. The first-order chi connectivity index (χ1) is 38.3. The van der Waals surface area contributed by atoms with Gasteiger partial charge in [0.05, 0.1) is 38.6 Å². The van der Waals surface area contributed by atoms with Gasteiger partial charge in [-0.2, -0.15) is 0 Å². The zero-order valence-corrected chi connectivity index (χ0v) is 47.1. The maximum Gasteiger partial charge on any atom is 0.220 e. The van der Waals surface area contributed by atoms with Crippen molar-refractivity contribution in [1.82, 2.24) is 5.32 Å². The fourth-order valence-corrected chi connectivity index (χ4v) is 9.33. The molecule has 12 N–H and O–H groups in total. The summed E-state index contributed by atoms with van der Waals surface area (Å²) in [6, 6.07) is -1.01. The largest absolute Gasteiger partial charge is 0.394 e. The second-order valence-electron chi connectivity index (χ2n) is 20.7. The summed E-state index contributed by atoms with van der Waals surface area (Å²) in [5.41, 5.74) is 0. The van der Waals surface area contributed by atoms with E-state index in [9.17, 15) is 61.0 Å². The van der Waals surface area contributed by atoms with E-state index in [0.29, 0.717) is 12.8 Å². The van der Waals surface area contributed by atoms with Gasteiger partial charge in [-0.3, -0.25) is 4.79 Å². The monoisotopic (exact) mass is 1120 g/mol. The second kappa shape index (κ2) is 42.7. The molecule has 0 spiro atoms. The number of carbonyl (C=O) groups is 1. The molecule has 0 radical (unpaired) electrons. The smallest absolute Gasteiger partial charge is 0.220 e. The van der Waals surface area contributed by atoms with Gasteiger partial charge in [0.15, 0.2) is 18.9 Å². The highest BCUT2D eigenvalue weighted by Crippen LogP contribution is 2.33. The second-order valence-corrected chi connectivity index (χ2v) is 20.7. The molecule has 17 atom stereocenters. The van der Waals surface area contributed by atoms with E-state index in [1.165, 1.54) is 32.1 Å². The molecule has 0 aromatic carbocycles. The normalized spacial score (nSPS) is 30.9. The molecule has 0 bridgehead atoms. The van der Waals surface area contributed by atoms with E-state index in [0.717, 1.165) is 89.9 Å². The van der Waals surface area contributed by atoms with Crippen molar-refractivity contribution in [3.05, 3.63) is 85.1 Å². The van der Waals surface area contributed by atoms with Crippen LogP contribution >= 0.6 is 0 Å². The molecule has 0 aromatic heterocycles. The van der Waals surface area contributed by atoms with Gasteiger partial charge in [0, 0.05) is 6.42 Å². The van der Waals surface area contributed by atoms with Crippen molar-refractivity contribution < 1.29 is 89.4 Å². The SMILES string of the molecule is CC/C=C\C/C=C\C/C=C\C/C=C\CCCCCCCCC(=O)NC(COC1OC(CO)C(OC2OC(CO)C(OC3OC(CO)C(O)C(O)C3O)C(O)C2O)C(O)C1O)C(O)/C=C/CC/C=C/CC/C=C/CCCCCCC. The lowest BCUT2D eigenvalue weighted by Gasteiger charge is -2.48. The van der Waals surface area contributed by atoms with Crippen LogP contribution in [0.3, 0.4) is 0 Å². The quantitative estimate of drug-likeness (QED) is 0.0289. The summed E-state index contributed by atoms with van der Waals surface area (Å²) in [6.45, 7) is 1.52. The number of aliphatic hydroxyl groups is 11. The number of unbranched alkanes of at least 4 members (excludes halogenated alkanes) is 13. The molecule has 0 saturated carbocycles. The Morgan fingerprint density at radius 2 is 0.886 bits per heavy atom. The Morgan fingerprint density at radius 3 is 1.42 bits per heavy atom. The van der Waals surface area contributed by atoms with Crippen LogP contribution in [-0.2, 0) is 33.2 Å². The van der Waals surface area contributed by atoms with Gasteiger partial charge in [0.1, 0.15) is 73.2 Å². The molecule has 79 heavy (non-hydrogen) atoms. The molecule has 3 aliphatic heterocycles. The summed E-state index contributed by atoms with van der Waals surface area (Å²) < 4.78 is 34.2. The molecule has 3 saturated heterocycles. The highest BCUT2D eigenvalue weighted by molar-refractivity contribution is 5.76. The molecule has 3 rings (SSSR count). The summed E-state index contributed by atoms with van der Waals surface area (Å²) >= 11 is 0. The highest BCUT2D eigenvalue weighted by Gasteiger charge is 2.53. The first kappa shape index (κ1) is 70.2. The molecule has 0 aromatic rings. The molecular weight excluding hydrogens is 1020 g/mol. The third kappa shape index (κ3) is 26.8. The molecule has 0 aliphatic carbocycles. The van der Waals surface area contributed by atoms with E-state index in [1.807, 2.05) is 6.08 Å². The maximum atomic E-state index is 13.3. The fourth-order valence-electron chi connectivity index (χ4n) is 9.33. The van der Waals surface area contributed by atoms with Crippen molar-refractivity contribution in [2.45, 2.75) is 259 Å². The van der Waals surface area contributed by atoms with Crippen LogP contribution in [0.15, 0.2) is 85.1 Å². The Kier molecular flexibility index (Phi) is 38.0. The summed E-state index contributed by atoms with van der Waals surface area (Å²) in [5, 5.41) is 120. The van der Waals surface area contributed by atoms with Crippen molar-refractivity contribution in [2.24, 2.45) is 0 Å². The number of nitrogens with one attached hydrogen (secondary N) is 1. The predicted molar refractivity (Wildman–Crippen MR) is 300 cm³/mol. The number of aliphatic hydroxyl groups excluding tert-OH is 11. The Morgan fingerprint density at radius 1 is 0.468 bits per heavy atom. The van der Waals surface area contributed by atoms with Gasteiger partial charge >= 0.3 is 0 Å². The van der Waals surface area contributed by atoms with Gasteiger partial charge in [-0.25, -0.2) is 0 Å². The molecular formula is C60H101NO18. The predicted octanol–water partition coefficient (Wildman–Crippen LogP) is 4.81. The van der Waals surface area contributed by atoms with Crippen molar-refractivity contribution in [2.75, 3.05) is 26.4 Å². The van der Waals surface area contributed by atoms with Crippen LogP contribution in [0, 0.1) is 0 Å². The van der Waals surface area contributed by atoms with Crippen LogP contribution in [0.2, 0.25) is 0 Å². The first-order valence-corrected chi connectivity index (χ1v) is 29.3. The number of hydrogen-bond acceptors (Lipinski definition) is 18. The molecule has 3 aliphatic rings. The minimum atomic E-state index is -1.99. The summed E-state index contributed by atoms with van der Waals surface area (Å²) in [6.07, 6.45) is 24.2. The average Bonchev–Trinajstić information content (AvgIpc) is 3.47. The van der Waals surface area contributed by atoms with E-state index in [1.54, 1.807) is 6.08 Å². The first-order valence-electron chi connectivity index (χ1n) is 29.3. The fraction of sp³-hybridized carbons (Fsp3) is 0.750. The minimum absolute atomic E-state index is 0.211. The van der Waals surface area contributed by atoms with E-state index < -0.39 is 124 Å². The summed E-state index contributed by atoms with van der Waals surface area (Å²) in [7, 11) is 0. The average molecular weight is 1120 g/mol. The zero-order chi connectivity index (χ0) is 57.6. The van der Waals surface area contributed by atoms with Crippen LogP contribution < -0.4 is 5.32 Å². The van der Waals surface area contributed by atoms with Gasteiger partial charge in [-0.1, -0.05) is 150 Å². The number of rotatable bonds is 41. The van der Waals surface area contributed by atoms with Gasteiger partial charge in [-0.05, 0) is 83.5 Å². The molecule has 19 nitrogen and oxygen atoms in total. The van der Waals surface area contributed by atoms with Crippen LogP contribution in [0.5, 0.6) is 0 Å². The van der Waals surface area contributed by atoms with Gasteiger partial charge in [0.25, 0.3) is 0 Å². The number of ether oxygens (including phenoxy) is 6. The number of amides is 1. The van der Waals surface area contributed by atoms with Gasteiger partial charge in [-0.15, -0.1) is 0 Å². The molecule has 454 valence electrons. The standard InChI is InChI=1S/C60H101NO18/c1-3-5-7-9-11-13-15-17-19-20-21-22-24-26-28-30-32-34-36-38-48(66)61-43(44(65)37-35-33-31-29-27-25-23-18-16-14-12-10-8-6-4-2)42-74-58-54(72)51(69)56(46(40-63)76-58)79-60-55(73)52(70)57(47(41-64)77-60)78-59-53(71)50(68)49(67)45(39-62)75-59/h5,7,11,13,16-19,21-22,27,29,35,37,43-47,49-60,62-65,67-73H,3-4,6,8-10,12,14-15,20,23-26,28,30-34,36,38-42H2,1-2H3,(H,61,66)/b7-5-,13-11-,18-16+,19-17-,22-21-,29-27+,37-35+. The van der Waals surface area contributed by atoms with Gasteiger partial charge in [0.2, 0.25) is 5.91 Å². The molecule has 3 fully saturated rings. The van der Waals surface area contributed by atoms with Crippen molar-refractivity contribution in [1.29, 1.82) is 0 Å². The Hall–Kier alpha value is -3.03. The van der Waals surface area contributed by atoms with E-state index in [2.05, 4.69) is 92.1 Å². The van der Waals surface area contributed by atoms with Crippen molar-refractivity contribution >= 4 is 5.91 Å². The molecule has 19 heteroatoms. The van der Waals surface area contributed by atoms with E-state index >= 15 is 0 Å². The van der Waals surface area contributed by atoms with Crippen LogP contribution in [0.4, 0.5) is 0 Å². The van der Waals surface area contributed by atoms with E-state index in [-0.39, 0.29) is 18.9 Å². The van der Waals surface area contributed by atoms with Crippen molar-refractivity contribution in [3.63, 3.8) is 0 Å².